The minimum absolute atomic E-state index is 0.139. The molecule has 0 aromatic heterocycles. The summed E-state index contributed by atoms with van der Waals surface area (Å²) in [7, 11) is 0. The van der Waals surface area contributed by atoms with Crippen LogP contribution < -0.4 is 0 Å². The normalized spacial score (nSPS) is 26.5. The molecular weight excluding hydrogens is 206 g/mol. The number of aliphatic carboxylic acids is 1. The number of rotatable bonds is 6. The highest BCUT2D eigenvalue weighted by molar-refractivity contribution is 5.71. The van der Waals surface area contributed by atoms with Crippen molar-refractivity contribution in [2.24, 2.45) is 11.8 Å². The van der Waals surface area contributed by atoms with Crippen LogP contribution in [0.3, 0.4) is 0 Å². The summed E-state index contributed by atoms with van der Waals surface area (Å²) in [6.07, 6.45) is 0.765. The largest absolute Gasteiger partial charge is 0.481 e. The zero-order chi connectivity index (χ0) is 12.1. The Hall–Kier alpha value is -0.610. The van der Waals surface area contributed by atoms with Crippen molar-refractivity contribution in [1.82, 2.24) is 4.90 Å². The molecule has 4 heteroatoms. The molecule has 94 valence electrons. The van der Waals surface area contributed by atoms with E-state index in [1.165, 1.54) is 0 Å². The molecule has 0 radical (unpaired) electrons. The smallest absolute Gasteiger partial charge is 0.308 e. The highest BCUT2D eigenvalue weighted by atomic mass is 16.5. The second-order valence-corrected chi connectivity index (χ2v) is 4.98. The summed E-state index contributed by atoms with van der Waals surface area (Å²) in [4.78, 5) is 13.1. The molecule has 1 saturated heterocycles. The van der Waals surface area contributed by atoms with Gasteiger partial charge in [0.05, 0.1) is 12.5 Å². The maximum atomic E-state index is 10.9. The molecule has 1 fully saturated rings. The van der Waals surface area contributed by atoms with Gasteiger partial charge in [0, 0.05) is 19.2 Å². The first-order valence-corrected chi connectivity index (χ1v) is 6.07. The van der Waals surface area contributed by atoms with E-state index in [-0.39, 0.29) is 12.0 Å². The number of nitrogens with zero attached hydrogens (tertiary/aromatic N) is 1. The van der Waals surface area contributed by atoms with E-state index in [1.807, 2.05) is 6.92 Å². The number of hydrogen-bond donors (Lipinski definition) is 1. The molecule has 0 aliphatic carbocycles. The van der Waals surface area contributed by atoms with Crippen molar-refractivity contribution in [3.05, 3.63) is 0 Å². The van der Waals surface area contributed by atoms with Crippen LogP contribution >= 0.6 is 0 Å². The number of hydrogen-bond acceptors (Lipinski definition) is 3. The molecule has 0 bridgehead atoms. The number of carboxylic acid groups (broad SMARTS) is 1. The van der Waals surface area contributed by atoms with Crippen molar-refractivity contribution in [1.29, 1.82) is 0 Å². The van der Waals surface area contributed by atoms with E-state index in [4.69, 9.17) is 9.84 Å². The van der Waals surface area contributed by atoms with E-state index in [9.17, 15) is 4.79 Å². The minimum atomic E-state index is -0.668. The summed E-state index contributed by atoms with van der Waals surface area (Å²) in [5, 5.41) is 8.99. The van der Waals surface area contributed by atoms with Gasteiger partial charge >= 0.3 is 5.97 Å². The maximum absolute atomic E-state index is 10.9. The molecule has 0 amide bonds. The fourth-order valence-electron chi connectivity index (χ4n) is 2.15. The third-order valence-corrected chi connectivity index (χ3v) is 3.18. The van der Waals surface area contributed by atoms with Gasteiger partial charge in [0.25, 0.3) is 0 Å². The Kier molecular flexibility index (Phi) is 5.22. The van der Waals surface area contributed by atoms with Crippen LogP contribution in [0.2, 0.25) is 0 Å². The summed E-state index contributed by atoms with van der Waals surface area (Å²) in [5.41, 5.74) is 0. The van der Waals surface area contributed by atoms with Crippen LogP contribution in [0, 0.1) is 11.8 Å². The third-order valence-electron chi connectivity index (χ3n) is 3.18. The van der Waals surface area contributed by atoms with Crippen molar-refractivity contribution in [2.45, 2.75) is 33.2 Å². The van der Waals surface area contributed by atoms with Gasteiger partial charge in [0.1, 0.15) is 0 Å². The summed E-state index contributed by atoms with van der Waals surface area (Å²) in [6, 6.07) is 0.139. The third kappa shape index (κ3) is 3.76. The maximum Gasteiger partial charge on any atom is 0.308 e. The van der Waals surface area contributed by atoms with Gasteiger partial charge in [-0.3, -0.25) is 9.69 Å². The quantitative estimate of drug-likeness (QED) is 0.700. The fraction of sp³-hybridized carbons (Fsp3) is 0.917. The molecule has 16 heavy (non-hydrogen) atoms. The van der Waals surface area contributed by atoms with Gasteiger partial charge in [0.2, 0.25) is 0 Å². The van der Waals surface area contributed by atoms with Crippen LogP contribution in [0.1, 0.15) is 27.2 Å². The Morgan fingerprint density at radius 1 is 1.56 bits per heavy atom. The molecule has 2 atom stereocenters. The monoisotopic (exact) mass is 229 g/mol. The van der Waals surface area contributed by atoms with E-state index in [0.29, 0.717) is 12.5 Å². The molecule has 1 heterocycles. The summed E-state index contributed by atoms with van der Waals surface area (Å²) in [6.45, 7) is 9.45. The van der Waals surface area contributed by atoms with Crippen molar-refractivity contribution in [3.63, 3.8) is 0 Å². The highest BCUT2D eigenvalue weighted by Crippen LogP contribution is 2.23. The van der Waals surface area contributed by atoms with Crippen LogP contribution in [-0.4, -0.2) is 48.3 Å². The predicted molar refractivity (Wildman–Crippen MR) is 62.4 cm³/mol. The zero-order valence-electron chi connectivity index (χ0n) is 10.5. The van der Waals surface area contributed by atoms with Gasteiger partial charge in [-0.15, -0.1) is 0 Å². The SMILES string of the molecule is CC(C)COCCN1CCC(C(=O)O)C1C. The van der Waals surface area contributed by atoms with E-state index < -0.39 is 5.97 Å². The molecular formula is C12H23NO3. The van der Waals surface area contributed by atoms with Crippen molar-refractivity contribution in [2.75, 3.05) is 26.3 Å². The number of ether oxygens (including phenoxy) is 1. The Morgan fingerprint density at radius 3 is 2.75 bits per heavy atom. The lowest BCUT2D eigenvalue weighted by atomic mass is 10.0. The predicted octanol–water partition coefficient (Wildman–Crippen LogP) is 1.45. The van der Waals surface area contributed by atoms with Gasteiger partial charge in [-0.05, 0) is 25.8 Å². The molecule has 0 aromatic carbocycles. The Bertz CT molecular complexity index is 230. The minimum Gasteiger partial charge on any atom is -0.481 e. The molecule has 0 spiro atoms. The lowest BCUT2D eigenvalue weighted by Gasteiger charge is -2.22. The fourth-order valence-corrected chi connectivity index (χ4v) is 2.15. The number of carbonyl (C=O) groups is 1. The molecule has 1 N–H and O–H groups in total. The summed E-state index contributed by atoms with van der Waals surface area (Å²) >= 11 is 0. The average Bonchev–Trinajstić information content (AvgIpc) is 2.54. The second-order valence-electron chi connectivity index (χ2n) is 4.98. The highest BCUT2D eigenvalue weighted by Gasteiger charge is 2.34. The molecule has 1 aliphatic rings. The van der Waals surface area contributed by atoms with Gasteiger partial charge < -0.3 is 9.84 Å². The van der Waals surface area contributed by atoms with Gasteiger partial charge in [0.15, 0.2) is 0 Å². The van der Waals surface area contributed by atoms with Crippen LogP contribution in [0.25, 0.3) is 0 Å². The lowest BCUT2D eigenvalue weighted by Crippen LogP contribution is -2.35. The second kappa shape index (κ2) is 6.21. The van der Waals surface area contributed by atoms with E-state index in [2.05, 4.69) is 18.7 Å². The van der Waals surface area contributed by atoms with Crippen LogP contribution in [-0.2, 0) is 9.53 Å². The Labute approximate surface area is 97.6 Å². The zero-order valence-corrected chi connectivity index (χ0v) is 10.5. The molecule has 4 nitrogen and oxygen atoms in total. The lowest BCUT2D eigenvalue weighted by molar-refractivity contribution is -0.142. The number of likely N-dealkylation sites (tertiary alicyclic amines) is 1. The first-order chi connectivity index (χ1) is 7.52. The van der Waals surface area contributed by atoms with Crippen LogP contribution in [0.5, 0.6) is 0 Å². The first kappa shape index (κ1) is 13.5. The molecule has 1 rings (SSSR count). The molecule has 2 unspecified atom stereocenters. The van der Waals surface area contributed by atoms with Gasteiger partial charge in [-0.1, -0.05) is 13.8 Å². The first-order valence-electron chi connectivity index (χ1n) is 6.07. The molecule has 0 saturated carbocycles. The van der Waals surface area contributed by atoms with E-state index >= 15 is 0 Å². The average molecular weight is 229 g/mol. The summed E-state index contributed by atoms with van der Waals surface area (Å²) in [5.74, 6) is -0.314. The van der Waals surface area contributed by atoms with Crippen LogP contribution in [0.15, 0.2) is 0 Å². The molecule has 1 aliphatic heterocycles. The van der Waals surface area contributed by atoms with Gasteiger partial charge in [-0.25, -0.2) is 0 Å². The number of carboxylic acids is 1. The Morgan fingerprint density at radius 2 is 2.25 bits per heavy atom. The van der Waals surface area contributed by atoms with E-state index in [1.54, 1.807) is 0 Å². The Balaban J connectivity index is 2.21. The van der Waals surface area contributed by atoms with Crippen LogP contribution in [0.4, 0.5) is 0 Å². The topological polar surface area (TPSA) is 49.8 Å². The summed E-state index contributed by atoms with van der Waals surface area (Å²) < 4.78 is 5.51. The van der Waals surface area contributed by atoms with Crippen molar-refractivity contribution < 1.29 is 14.6 Å². The van der Waals surface area contributed by atoms with E-state index in [0.717, 1.165) is 26.1 Å². The van der Waals surface area contributed by atoms with Crippen molar-refractivity contribution >= 4 is 5.97 Å². The van der Waals surface area contributed by atoms with Gasteiger partial charge in [-0.2, -0.15) is 0 Å². The molecule has 0 aromatic rings. The van der Waals surface area contributed by atoms with Crippen molar-refractivity contribution in [3.8, 4) is 0 Å². The standard InChI is InChI=1S/C12H23NO3/c1-9(2)8-16-7-6-13-5-4-11(10(13)3)12(14)15/h9-11H,4-8H2,1-3H3,(H,14,15).